The van der Waals surface area contributed by atoms with E-state index in [4.69, 9.17) is 28.9 Å². The lowest BCUT2D eigenvalue weighted by Gasteiger charge is -2.46. The zero-order chi connectivity index (χ0) is 61.3. The Balaban J connectivity index is 0.968. The van der Waals surface area contributed by atoms with Crippen LogP contribution in [0, 0.1) is 35.5 Å². The summed E-state index contributed by atoms with van der Waals surface area (Å²) in [6.45, 7) is 25.3. The summed E-state index contributed by atoms with van der Waals surface area (Å²) in [6, 6.07) is 17.8. The van der Waals surface area contributed by atoms with Crippen LogP contribution >= 0.6 is 0 Å². The highest BCUT2D eigenvalue weighted by Crippen LogP contribution is 2.54. The van der Waals surface area contributed by atoms with Crippen LogP contribution in [-0.2, 0) is 31.8 Å². The highest BCUT2D eigenvalue weighted by atomic mass is 19.4. The van der Waals surface area contributed by atoms with Crippen molar-refractivity contribution in [2.24, 2.45) is 21.7 Å². The molecule has 0 N–H and O–H groups in total. The van der Waals surface area contributed by atoms with Crippen LogP contribution in [0.5, 0.6) is 11.5 Å². The Bertz CT molecular complexity index is 3080. The monoisotopic (exact) mass is 1180 g/mol. The highest BCUT2D eigenvalue weighted by molar-refractivity contribution is 5.98. The first kappa shape index (κ1) is 62.8. The summed E-state index contributed by atoms with van der Waals surface area (Å²) in [5.74, 6) is -0.347. The van der Waals surface area contributed by atoms with Gasteiger partial charge in [-0.25, -0.2) is 34.2 Å². The van der Waals surface area contributed by atoms with Crippen LogP contribution in [0.15, 0.2) is 72.8 Å². The van der Waals surface area contributed by atoms with Gasteiger partial charge < -0.3 is 37.6 Å². The second kappa shape index (κ2) is 24.4. The van der Waals surface area contributed by atoms with E-state index < -0.39 is 42.6 Å². The van der Waals surface area contributed by atoms with Gasteiger partial charge in [0.1, 0.15) is 11.5 Å². The van der Waals surface area contributed by atoms with Crippen molar-refractivity contribution in [1.29, 1.82) is 0 Å². The number of anilines is 4. The van der Waals surface area contributed by atoms with Crippen molar-refractivity contribution in [2.75, 3.05) is 36.2 Å². The van der Waals surface area contributed by atoms with Gasteiger partial charge >= 0.3 is 31.1 Å². The Labute approximate surface area is 486 Å². The zero-order valence-electron chi connectivity index (χ0n) is 50.1. The predicted molar refractivity (Wildman–Crippen MR) is 308 cm³/mol. The molecule has 2 aliphatic carbocycles. The van der Waals surface area contributed by atoms with Gasteiger partial charge in [0.15, 0.2) is 0 Å². The van der Waals surface area contributed by atoms with Gasteiger partial charge in [-0.1, -0.05) is 55.4 Å². The number of nitrogens with zero attached hydrogens (tertiary/aromatic N) is 6. The van der Waals surface area contributed by atoms with Gasteiger partial charge in [0.2, 0.25) is 11.9 Å². The molecule has 2 fully saturated rings. The van der Waals surface area contributed by atoms with Gasteiger partial charge in [0.25, 0.3) is 0 Å². The summed E-state index contributed by atoms with van der Waals surface area (Å²) in [7, 11) is 0. The van der Waals surface area contributed by atoms with Crippen molar-refractivity contribution in [2.45, 2.75) is 172 Å². The number of imidazole rings is 2. The molecule has 2 saturated carbocycles. The fourth-order valence-corrected chi connectivity index (χ4v) is 13.5. The molecule has 0 aliphatic heterocycles. The lowest BCUT2D eigenvalue weighted by Crippen LogP contribution is -2.37. The number of rotatable bonds is 18. The molecular weight excluding hydrogens is 1100 g/mol. The molecule has 8 rings (SSSR count). The maximum absolute atomic E-state index is 13.9. The lowest BCUT2D eigenvalue weighted by molar-refractivity contribution is -0.275. The molecule has 2 amide bonds. The van der Waals surface area contributed by atoms with Crippen LogP contribution in [0.3, 0.4) is 0 Å². The van der Waals surface area contributed by atoms with E-state index in [1.807, 2.05) is 38.1 Å². The predicted octanol–water partition coefficient (Wildman–Crippen LogP) is 17.7. The molecule has 15 nitrogen and oxygen atoms in total. The van der Waals surface area contributed by atoms with Crippen LogP contribution < -0.4 is 19.3 Å². The number of fused-ring (bicyclic) bond motifs is 2. The summed E-state index contributed by atoms with van der Waals surface area (Å²) in [5, 5.41) is 0. The number of ether oxygens (including phenoxy) is 6. The van der Waals surface area contributed by atoms with Gasteiger partial charge in [0.05, 0.1) is 59.9 Å². The fraction of sp³-hybridized carbons (Fsp3) is 0.540. The summed E-state index contributed by atoms with van der Waals surface area (Å²) < 4.78 is 113. The number of halogens is 6. The number of alkyl halides is 6. The molecule has 6 aromatic rings. The molecule has 0 bridgehead atoms. The molecule has 2 heterocycles. The third-order valence-electron chi connectivity index (χ3n) is 15.6. The number of hydrogen-bond donors (Lipinski definition) is 0. The number of aromatic nitrogens is 4. The zero-order valence-corrected chi connectivity index (χ0v) is 50.1. The topological polar surface area (TPSA) is 149 Å². The summed E-state index contributed by atoms with van der Waals surface area (Å²) in [4.78, 5) is 53.6. The molecule has 2 aliphatic rings. The number of hydrogen-bond acceptors (Lipinski definition) is 11. The van der Waals surface area contributed by atoms with E-state index in [1.54, 1.807) is 13.8 Å². The highest BCUT2D eigenvalue weighted by Gasteiger charge is 2.44. The molecule has 456 valence electrons. The average Bonchev–Trinajstić information content (AvgIpc) is 1.70. The van der Waals surface area contributed by atoms with Gasteiger partial charge in [-0.05, 0) is 209 Å². The Morgan fingerprint density at radius 2 is 0.869 bits per heavy atom. The molecule has 84 heavy (non-hydrogen) atoms. The summed E-state index contributed by atoms with van der Waals surface area (Å²) >= 11 is 0. The molecule has 2 aromatic heterocycles. The van der Waals surface area contributed by atoms with E-state index in [9.17, 15) is 40.7 Å². The molecular formula is C63H78F6N6O9. The van der Waals surface area contributed by atoms with Gasteiger partial charge in [-0.15, -0.1) is 26.3 Å². The quantitative estimate of drug-likeness (QED) is 0.0350. The average molecular weight is 1180 g/mol. The van der Waals surface area contributed by atoms with Crippen LogP contribution in [-0.4, -0.2) is 76.6 Å². The third-order valence-corrected chi connectivity index (χ3v) is 15.6. The Morgan fingerprint density at radius 3 is 1.18 bits per heavy atom. The Kier molecular flexibility index (Phi) is 18.3. The summed E-state index contributed by atoms with van der Waals surface area (Å²) in [5.41, 5.74) is 6.75. The second-order valence-electron chi connectivity index (χ2n) is 25.5. The lowest BCUT2D eigenvalue weighted by atomic mass is 9.63. The van der Waals surface area contributed by atoms with E-state index >= 15 is 0 Å². The van der Waals surface area contributed by atoms with Crippen molar-refractivity contribution in [3.8, 4) is 11.5 Å². The van der Waals surface area contributed by atoms with E-state index in [-0.39, 0.29) is 83.4 Å². The normalized spacial score (nSPS) is 17.0. The van der Waals surface area contributed by atoms with E-state index in [1.165, 1.54) is 34.1 Å². The van der Waals surface area contributed by atoms with Crippen molar-refractivity contribution in [1.82, 2.24) is 19.1 Å². The minimum Gasteiger partial charge on any atom is -0.449 e. The Morgan fingerprint density at radius 1 is 0.536 bits per heavy atom. The van der Waals surface area contributed by atoms with Gasteiger partial charge in [-0.2, -0.15) is 0 Å². The molecule has 0 saturated heterocycles. The van der Waals surface area contributed by atoms with E-state index in [0.717, 1.165) is 96.1 Å². The number of benzene rings is 4. The summed E-state index contributed by atoms with van der Waals surface area (Å²) in [6.07, 6.45) is -5.12. The molecule has 0 spiro atoms. The Hall–Kier alpha value is -7.19. The fourth-order valence-electron chi connectivity index (χ4n) is 13.5. The molecule has 21 heteroatoms. The minimum absolute atomic E-state index is 0.0407. The van der Waals surface area contributed by atoms with Crippen molar-refractivity contribution in [3.63, 3.8) is 0 Å². The van der Waals surface area contributed by atoms with E-state index in [0.29, 0.717) is 36.7 Å². The van der Waals surface area contributed by atoms with Crippen LogP contribution in [0.2, 0.25) is 0 Å². The molecule has 4 aromatic carbocycles. The van der Waals surface area contributed by atoms with Gasteiger partial charge in [0, 0.05) is 12.1 Å². The largest absolute Gasteiger partial charge is 0.573 e. The number of aryl methyl sites for hydroxylation is 4. The first-order valence-corrected chi connectivity index (χ1v) is 28.7. The maximum atomic E-state index is 13.9. The van der Waals surface area contributed by atoms with E-state index in [2.05, 4.69) is 74.0 Å². The number of carbonyl (C=O) groups excluding carboxylic acids is 3. The first-order chi connectivity index (χ1) is 39.2. The third kappa shape index (κ3) is 15.4. The maximum Gasteiger partial charge on any atom is 0.573 e. The van der Waals surface area contributed by atoms with Crippen LogP contribution in [0.1, 0.15) is 155 Å². The van der Waals surface area contributed by atoms with Crippen molar-refractivity contribution >= 4 is 63.7 Å². The molecule has 0 radical (unpaired) electrons. The second-order valence-corrected chi connectivity index (χ2v) is 25.5. The SMILES string of the molecule is CCOC(=O)N(c1ccc(OC(F)(F)F)cc1)c1nc2cc(CCCOC(=O)OCCCc3cc4nc(N(C(=O)OCC)c5ccc(OC(F)(F)F)cc5)n(C5CC(C)(C)CC(C)(C)C5)c4cc3C)c(C)cc2n1C1CC(C)(C)CC(C)(C)C1. The van der Waals surface area contributed by atoms with Crippen LogP contribution in [0.4, 0.5) is 64.0 Å². The minimum atomic E-state index is -4.90. The number of amides is 2. The molecule has 0 atom stereocenters. The van der Waals surface area contributed by atoms with Crippen molar-refractivity contribution in [3.05, 3.63) is 95.1 Å². The molecule has 0 unspecified atom stereocenters. The first-order valence-electron chi connectivity index (χ1n) is 28.7. The van der Waals surface area contributed by atoms with Gasteiger partial charge in [-0.3, -0.25) is 0 Å². The standard InChI is InChI=1S/C63H78F6N6O9/c1-13-79-55(76)74(43-19-23-47(24-20-43)83-62(64,65)66)53-70-49-31-41(39(3)29-51(49)72(53)45-33-58(5,6)37-59(7,8)34-45)17-15-27-81-57(78)82-28-16-18-42-32-50-52(30-40(42)4)73(46-35-60(9,10)38-61(11,12)36-46)54(71-50)75(56(77)80-14-2)44-21-25-48(26-22-44)84-63(67,68)69/h19-26,29-32,45-46H,13-18,27-28,33-38H2,1-12H3. The van der Waals surface area contributed by atoms with Crippen molar-refractivity contribution < 1.29 is 69.1 Å². The van der Waals surface area contributed by atoms with Crippen LogP contribution in [0.25, 0.3) is 22.1 Å². The number of carbonyl (C=O) groups is 3. The smallest absolute Gasteiger partial charge is 0.449 e.